The number of carbonyl (C=O) groups excluding carboxylic acids is 1. The summed E-state index contributed by atoms with van der Waals surface area (Å²) in [6, 6.07) is 37.6. The van der Waals surface area contributed by atoms with Crippen molar-refractivity contribution in [3.63, 3.8) is 0 Å². The van der Waals surface area contributed by atoms with E-state index in [1.807, 2.05) is 61.5 Å². The number of aryl methyl sites for hydroxylation is 1. The molecular weight excluding hydrogens is 592 g/mol. The largest absolute Gasteiger partial charge is 0.478 e. The fourth-order valence-corrected chi connectivity index (χ4v) is 5.67. The van der Waals surface area contributed by atoms with Crippen LogP contribution >= 0.6 is 0 Å². The molecule has 0 aliphatic rings. The Morgan fingerprint density at radius 3 is 1.66 bits per heavy atom. The van der Waals surface area contributed by atoms with Crippen molar-refractivity contribution in [1.29, 1.82) is 0 Å². The summed E-state index contributed by atoms with van der Waals surface area (Å²) in [6.07, 6.45) is 1.50. The highest BCUT2D eigenvalue weighted by Crippen LogP contribution is 2.32. The summed E-state index contributed by atoms with van der Waals surface area (Å²) in [7, 11) is 0. The van der Waals surface area contributed by atoms with Crippen molar-refractivity contribution in [3.8, 4) is 33.9 Å². The van der Waals surface area contributed by atoms with Gasteiger partial charge in [0.1, 0.15) is 0 Å². The van der Waals surface area contributed by atoms with Crippen molar-refractivity contribution >= 4 is 24.1 Å². The molecule has 0 atom stereocenters. The van der Waals surface area contributed by atoms with Crippen molar-refractivity contribution < 1.29 is 24.6 Å². The molecule has 0 saturated carbocycles. The zero-order chi connectivity index (χ0) is 33.1. The Balaban J connectivity index is 1.23. The highest BCUT2D eigenvalue weighted by Gasteiger charge is 2.17. The molecule has 9 nitrogen and oxygen atoms in total. The highest BCUT2D eigenvalue weighted by molar-refractivity contribution is 5.96. The summed E-state index contributed by atoms with van der Waals surface area (Å²) in [6.45, 7) is 3.62. The van der Waals surface area contributed by atoms with Gasteiger partial charge in [0, 0.05) is 33.9 Å². The first kappa shape index (κ1) is 30.5. The van der Waals surface area contributed by atoms with E-state index in [4.69, 9.17) is 0 Å². The molecule has 0 aliphatic carbocycles. The first-order chi connectivity index (χ1) is 22.7. The fourth-order valence-electron chi connectivity index (χ4n) is 5.67. The van der Waals surface area contributed by atoms with Gasteiger partial charge in [-0.1, -0.05) is 60.7 Å². The van der Waals surface area contributed by atoms with E-state index in [0.717, 1.165) is 40.0 Å². The van der Waals surface area contributed by atoms with Crippen LogP contribution in [0.1, 0.15) is 48.0 Å². The summed E-state index contributed by atoms with van der Waals surface area (Å²) >= 11 is 0. The van der Waals surface area contributed by atoms with Crippen molar-refractivity contribution in [3.05, 3.63) is 155 Å². The number of rotatable bonds is 9. The molecule has 2 heterocycles. The van der Waals surface area contributed by atoms with Crippen molar-refractivity contribution in [2.45, 2.75) is 13.8 Å². The summed E-state index contributed by atoms with van der Waals surface area (Å²) in [5, 5.41) is 23.1. The van der Waals surface area contributed by atoms with Crippen molar-refractivity contribution in [2.75, 3.05) is 0 Å². The monoisotopic (exact) mass is 622 g/mol. The second kappa shape index (κ2) is 12.9. The third-order valence-corrected chi connectivity index (χ3v) is 7.92. The van der Waals surface area contributed by atoms with Crippen LogP contribution in [0.25, 0.3) is 33.9 Å². The van der Waals surface area contributed by atoms with Gasteiger partial charge in [-0.15, -0.1) is 0 Å². The second-order valence-electron chi connectivity index (χ2n) is 11.0. The molecule has 0 unspecified atom stereocenters. The van der Waals surface area contributed by atoms with Gasteiger partial charge in [-0.25, -0.2) is 15.0 Å². The van der Waals surface area contributed by atoms with E-state index in [1.165, 1.54) is 18.3 Å². The number of nitrogens with one attached hydrogen (secondary N) is 1. The van der Waals surface area contributed by atoms with Crippen LogP contribution in [0.3, 0.4) is 0 Å². The van der Waals surface area contributed by atoms with Gasteiger partial charge >= 0.3 is 11.9 Å². The van der Waals surface area contributed by atoms with Crippen LogP contribution in [-0.4, -0.2) is 43.4 Å². The molecular formula is C38H30N4O5. The van der Waals surface area contributed by atoms with Crippen LogP contribution in [0.4, 0.5) is 0 Å². The molecule has 232 valence electrons. The van der Waals surface area contributed by atoms with Crippen LogP contribution in [0.5, 0.6) is 0 Å². The minimum Gasteiger partial charge on any atom is -0.478 e. The standard InChI is InChI=1S/C38H30N4O5/c1-24-19-31(25(2)41(24)33-21-29(37(44)45)20-30(22-33)38(46)47)23-39-40-36(43)28-13-15-32(16-14-28)42-34(26-9-5-3-6-10-26)17-18-35(42)27-11-7-4-8-12-27/h3-23H,1-2H3,(H,40,43)(H,44,45)(H,46,47)/b39-23-. The lowest BCUT2D eigenvalue weighted by atomic mass is 10.1. The van der Waals surface area contributed by atoms with Gasteiger partial charge in [0.15, 0.2) is 0 Å². The molecule has 2 aromatic heterocycles. The summed E-state index contributed by atoms with van der Waals surface area (Å²) in [4.78, 5) is 36.3. The van der Waals surface area contributed by atoms with E-state index in [2.05, 4.69) is 51.5 Å². The Bertz CT molecular complexity index is 2050. The molecule has 0 aliphatic heterocycles. The fraction of sp³-hybridized carbons (Fsp3) is 0.0526. The van der Waals surface area contributed by atoms with Crippen LogP contribution in [0.15, 0.2) is 126 Å². The van der Waals surface area contributed by atoms with E-state index in [9.17, 15) is 24.6 Å². The zero-order valence-electron chi connectivity index (χ0n) is 25.6. The lowest BCUT2D eigenvalue weighted by Gasteiger charge is -2.15. The smallest absolute Gasteiger partial charge is 0.335 e. The normalized spacial score (nSPS) is 11.1. The number of benzene rings is 4. The molecule has 6 aromatic rings. The quantitative estimate of drug-likeness (QED) is 0.115. The minimum absolute atomic E-state index is 0.134. The molecule has 0 radical (unpaired) electrons. The summed E-state index contributed by atoms with van der Waals surface area (Å²) in [5.41, 5.74) is 10.3. The third-order valence-electron chi connectivity index (χ3n) is 7.92. The van der Waals surface area contributed by atoms with Crippen LogP contribution < -0.4 is 5.43 Å². The van der Waals surface area contributed by atoms with Gasteiger partial charge in [-0.3, -0.25) is 4.79 Å². The lowest BCUT2D eigenvalue weighted by Crippen LogP contribution is -2.17. The Morgan fingerprint density at radius 2 is 1.15 bits per heavy atom. The molecule has 0 bridgehead atoms. The van der Waals surface area contributed by atoms with Gasteiger partial charge < -0.3 is 19.3 Å². The molecule has 1 amide bonds. The number of hydrogen-bond acceptors (Lipinski definition) is 4. The van der Waals surface area contributed by atoms with E-state index in [1.54, 1.807) is 23.6 Å². The van der Waals surface area contributed by atoms with Gasteiger partial charge in [0.2, 0.25) is 0 Å². The average Bonchev–Trinajstić information content (AvgIpc) is 3.65. The van der Waals surface area contributed by atoms with E-state index in [-0.39, 0.29) is 17.0 Å². The number of carboxylic acids is 2. The minimum atomic E-state index is -1.23. The summed E-state index contributed by atoms with van der Waals surface area (Å²) < 4.78 is 3.92. The maximum Gasteiger partial charge on any atom is 0.335 e. The van der Waals surface area contributed by atoms with E-state index < -0.39 is 11.9 Å². The van der Waals surface area contributed by atoms with Crippen LogP contribution in [0, 0.1) is 13.8 Å². The molecule has 0 fully saturated rings. The zero-order valence-corrected chi connectivity index (χ0v) is 25.6. The SMILES string of the molecule is Cc1cc(/C=N\NC(=O)c2ccc(-n3c(-c4ccccc4)ccc3-c3ccccc3)cc2)c(C)n1-c1cc(C(=O)O)cc(C(=O)O)c1. The van der Waals surface area contributed by atoms with Crippen LogP contribution in [-0.2, 0) is 0 Å². The topological polar surface area (TPSA) is 126 Å². The predicted molar refractivity (Wildman–Crippen MR) is 181 cm³/mol. The second-order valence-corrected chi connectivity index (χ2v) is 11.0. The number of hydrazone groups is 1. The van der Waals surface area contributed by atoms with Crippen LogP contribution in [0.2, 0.25) is 0 Å². The molecule has 6 rings (SSSR count). The van der Waals surface area contributed by atoms with Gasteiger partial charge in [-0.05, 0) is 85.6 Å². The van der Waals surface area contributed by atoms with E-state index in [0.29, 0.717) is 22.5 Å². The third kappa shape index (κ3) is 6.23. The Morgan fingerprint density at radius 1 is 0.617 bits per heavy atom. The maximum atomic E-state index is 13.0. The van der Waals surface area contributed by atoms with Gasteiger partial charge in [0.25, 0.3) is 5.91 Å². The first-order valence-electron chi connectivity index (χ1n) is 14.8. The van der Waals surface area contributed by atoms with Crippen molar-refractivity contribution in [1.82, 2.24) is 14.6 Å². The Kier molecular flexibility index (Phi) is 8.36. The molecule has 4 aromatic carbocycles. The Hall–Kier alpha value is -6.48. The highest BCUT2D eigenvalue weighted by atomic mass is 16.4. The molecule has 3 N–H and O–H groups in total. The van der Waals surface area contributed by atoms with Crippen molar-refractivity contribution in [2.24, 2.45) is 5.10 Å². The maximum absolute atomic E-state index is 13.0. The molecule has 47 heavy (non-hydrogen) atoms. The Labute approximate surface area is 270 Å². The summed E-state index contributed by atoms with van der Waals surface area (Å²) in [5.74, 6) is -2.84. The van der Waals surface area contributed by atoms with Gasteiger partial charge in [0.05, 0.1) is 28.7 Å². The lowest BCUT2D eigenvalue weighted by molar-refractivity contribution is 0.0696. The van der Waals surface area contributed by atoms with E-state index >= 15 is 0 Å². The average molecular weight is 623 g/mol. The van der Waals surface area contributed by atoms with Gasteiger partial charge in [-0.2, -0.15) is 5.10 Å². The number of carbonyl (C=O) groups is 3. The molecule has 0 spiro atoms. The predicted octanol–water partition coefficient (Wildman–Crippen LogP) is 7.38. The number of carboxylic acid groups (broad SMARTS) is 2. The number of aromatic nitrogens is 2. The molecule has 9 heteroatoms. The molecule has 0 saturated heterocycles. The number of hydrogen-bond donors (Lipinski definition) is 3. The first-order valence-corrected chi connectivity index (χ1v) is 14.8. The number of amides is 1. The number of nitrogens with zero attached hydrogens (tertiary/aromatic N) is 3. The number of aromatic carboxylic acids is 2.